The van der Waals surface area contributed by atoms with E-state index < -0.39 is 0 Å². The molecule has 1 saturated heterocycles. The lowest BCUT2D eigenvalue weighted by atomic mass is 9.84. The maximum Gasteiger partial charge on any atom is 0.0700 e. The van der Waals surface area contributed by atoms with Crippen molar-refractivity contribution in [1.29, 1.82) is 0 Å². The molecule has 2 aliphatic rings. The Balaban J connectivity index is 1.59. The molecule has 1 saturated carbocycles. The zero-order valence-corrected chi connectivity index (χ0v) is 10.0. The number of rotatable bonds is 4. The lowest BCUT2D eigenvalue weighted by Gasteiger charge is -2.29. The Morgan fingerprint density at radius 3 is 2.53 bits per heavy atom. The lowest BCUT2D eigenvalue weighted by molar-refractivity contribution is 0.104. The molecule has 1 aliphatic heterocycles. The van der Waals surface area contributed by atoms with E-state index in [1.165, 1.54) is 44.9 Å². The summed E-state index contributed by atoms with van der Waals surface area (Å²) in [4.78, 5) is 0. The SMILES string of the molecule is CCC1CCC(NCC2CCCO2)CC1. The van der Waals surface area contributed by atoms with Crippen LogP contribution >= 0.6 is 0 Å². The number of nitrogens with one attached hydrogen (secondary N) is 1. The van der Waals surface area contributed by atoms with Crippen LogP contribution in [0.15, 0.2) is 0 Å². The largest absolute Gasteiger partial charge is 0.377 e. The first kappa shape index (κ1) is 11.4. The minimum atomic E-state index is 0.508. The molecule has 1 atom stereocenters. The van der Waals surface area contributed by atoms with Crippen molar-refractivity contribution in [1.82, 2.24) is 5.32 Å². The van der Waals surface area contributed by atoms with E-state index >= 15 is 0 Å². The van der Waals surface area contributed by atoms with E-state index in [1.807, 2.05) is 0 Å². The molecule has 0 spiro atoms. The molecule has 2 heteroatoms. The van der Waals surface area contributed by atoms with Crippen molar-refractivity contribution in [3.63, 3.8) is 0 Å². The Hall–Kier alpha value is -0.0800. The van der Waals surface area contributed by atoms with Crippen molar-refractivity contribution in [2.75, 3.05) is 13.2 Å². The first-order valence-corrected chi connectivity index (χ1v) is 6.73. The Morgan fingerprint density at radius 2 is 1.93 bits per heavy atom. The van der Waals surface area contributed by atoms with Crippen LogP contribution in [0.5, 0.6) is 0 Å². The molecule has 1 heterocycles. The molecule has 0 aromatic heterocycles. The molecular formula is C13H25NO. The highest BCUT2D eigenvalue weighted by Crippen LogP contribution is 2.26. The average molecular weight is 211 g/mol. The molecule has 1 aliphatic carbocycles. The molecule has 0 aromatic carbocycles. The van der Waals surface area contributed by atoms with Gasteiger partial charge in [0.15, 0.2) is 0 Å². The van der Waals surface area contributed by atoms with E-state index in [0.29, 0.717) is 6.10 Å². The van der Waals surface area contributed by atoms with Gasteiger partial charge in [-0.15, -0.1) is 0 Å². The summed E-state index contributed by atoms with van der Waals surface area (Å²) in [7, 11) is 0. The topological polar surface area (TPSA) is 21.3 Å². The molecule has 0 aromatic rings. The summed E-state index contributed by atoms with van der Waals surface area (Å²) in [6.45, 7) is 4.39. The summed E-state index contributed by atoms with van der Waals surface area (Å²) in [5.41, 5.74) is 0. The first-order chi connectivity index (χ1) is 7.38. The fourth-order valence-electron chi connectivity index (χ4n) is 2.88. The van der Waals surface area contributed by atoms with Gasteiger partial charge in [0.2, 0.25) is 0 Å². The van der Waals surface area contributed by atoms with Crippen LogP contribution in [0, 0.1) is 5.92 Å². The molecule has 1 unspecified atom stereocenters. The quantitative estimate of drug-likeness (QED) is 0.772. The van der Waals surface area contributed by atoms with E-state index in [1.54, 1.807) is 0 Å². The monoisotopic (exact) mass is 211 g/mol. The van der Waals surface area contributed by atoms with Crippen molar-refractivity contribution < 1.29 is 4.74 Å². The summed E-state index contributed by atoms with van der Waals surface area (Å²) >= 11 is 0. The third-order valence-electron chi connectivity index (χ3n) is 4.08. The van der Waals surface area contributed by atoms with Crippen LogP contribution in [0.3, 0.4) is 0 Å². The molecule has 0 bridgehead atoms. The number of ether oxygens (including phenoxy) is 1. The van der Waals surface area contributed by atoms with Gasteiger partial charge in [-0.1, -0.05) is 13.3 Å². The highest BCUT2D eigenvalue weighted by Gasteiger charge is 2.21. The van der Waals surface area contributed by atoms with E-state index in [2.05, 4.69) is 12.2 Å². The van der Waals surface area contributed by atoms with E-state index in [-0.39, 0.29) is 0 Å². The molecule has 1 N–H and O–H groups in total. The van der Waals surface area contributed by atoms with Crippen LogP contribution in [0.1, 0.15) is 51.9 Å². The van der Waals surface area contributed by atoms with Crippen LogP contribution in [-0.2, 0) is 4.74 Å². The minimum absolute atomic E-state index is 0.508. The van der Waals surface area contributed by atoms with E-state index in [9.17, 15) is 0 Å². The maximum atomic E-state index is 5.62. The number of hydrogen-bond acceptors (Lipinski definition) is 2. The molecule has 0 radical (unpaired) electrons. The van der Waals surface area contributed by atoms with Gasteiger partial charge in [0, 0.05) is 19.2 Å². The van der Waals surface area contributed by atoms with Crippen LogP contribution in [0.4, 0.5) is 0 Å². The van der Waals surface area contributed by atoms with Crippen molar-refractivity contribution in [3.05, 3.63) is 0 Å². The highest BCUT2D eigenvalue weighted by molar-refractivity contribution is 4.78. The Kier molecular flexibility index (Phi) is 4.45. The Bertz CT molecular complexity index is 169. The molecule has 88 valence electrons. The smallest absolute Gasteiger partial charge is 0.0700 e. The van der Waals surface area contributed by atoms with Gasteiger partial charge in [-0.2, -0.15) is 0 Å². The predicted molar refractivity (Wildman–Crippen MR) is 63.0 cm³/mol. The molecule has 0 amide bonds. The summed E-state index contributed by atoms with van der Waals surface area (Å²) in [5, 5.41) is 3.68. The average Bonchev–Trinajstić information content (AvgIpc) is 2.80. The Morgan fingerprint density at radius 1 is 1.13 bits per heavy atom. The van der Waals surface area contributed by atoms with Gasteiger partial charge in [-0.05, 0) is 44.4 Å². The minimum Gasteiger partial charge on any atom is -0.377 e. The van der Waals surface area contributed by atoms with E-state index in [4.69, 9.17) is 4.74 Å². The summed E-state index contributed by atoms with van der Waals surface area (Å²) in [5.74, 6) is 1.01. The zero-order chi connectivity index (χ0) is 10.5. The normalized spacial score (nSPS) is 37.0. The molecule has 2 nitrogen and oxygen atoms in total. The second-order valence-corrected chi connectivity index (χ2v) is 5.17. The van der Waals surface area contributed by atoms with Crippen LogP contribution < -0.4 is 5.32 Å². The third-order valence-corrected chi connectivity index (χ3v) is 4.08. The van der Waals surface area contributed by atoms with Crippen molar-refractivity contribution in [2.24, 2.45) is 5.92 Å². The summed E-state index contributed by atoms with van der Waals surface area (Å²) < 4.78 is 5.62. The van der Waals surface area contributed by atoms with Crippen molar-refractivity contribution >= 4 is 0 Å². The standard InChI is InChI=1S/C13H25NO/c1-2-11-5-7-12(8-6-11)14-10-13-4-3-9-15-13/h11-14H,2-10H2,1H3. The molecule has 2 rings (SSSR count). The highest BCUT2D eigenvalue weighted by atomic mass is 16.5. The summed E-state index contributed by atoms with van der Waals surface area (Å²) in [6, 6.07) is 0.775. The van der Waals surface area contributed by atoms with Gasteiger partial charge < -0.3 is 10.1 Å². The number of hydrogen-bond donors (Lipinski definition) is 1. The van der Waals surface area contributed by atoms with Crippen molar-refractivity contribution in [3.8, 4) is 0 Å². The van der Waals surface area contributed by atoms with Gasteiger partial charge in [-0.25, -0.2) is 0 Å². The fourth-order valence-corrected chi connectivity index (χ4v) is 2.88. The van der Waals surface area contributed by atoms with Gasteiger partial charge in [0.25, 0.3) is 0 Å². The van der Waals surface area contributed by atoms with Gasteiger partial charge in [-0.3, -0.25) is 0 Å². The molecular weight excluding hydrogens is 186 g/mol. The summed E-state index contributed by atoms with van der Waals surface area (Å²) in [6.07, 6.45) is 10.0. The molecule has 15 heavy (non-hydrogen) atoms. The predicted octanol–water partition coefficient (Wildman–Crippen LogP) is 2.72. The van der Waals surface area contributed by atoms with Crippen molar-refractivity contribution in [2.45, 2.75) is 64.0 Å². The first-order valence-electron chi connectivity index (χ1n) is 6.73. The lowest BCUT2D eigenvalue weighted by Crippen LogP contribution is -2.37. The third kappa shape index (κ3) is 3.46. The van der Waals surface area contributed by atoms with Gasteiger partial charge in [0.05, 0.1) is 6.10 Å². The van der Waals surface area contributed by atoms with Gasteiger partial charge in [0.1, 0.15) is 0 Å². The second kappa shape index (κ2) is 5.86. The van der Waals surface area contributed by atoms with E-state index in [0.717, 1.165) is 25.1 Å². The zero-order valence-electron chi connectivity index (χ0n) is 10.0. The van der Waals surface area contributed by atoms with Crippen LogP contribution in [-0.4, -0.2) is 25.3 Å². The fraction of sp³-hybridized carbons (Fsp3) is 1.00. The maximum absolute atomic E-state index is 5.62. The molecule has 2 fully saturated rings. The Labute approximate surface area is 93.8 Å². The van der Waals surface area contributed by atoms with Crippen LogP contribution in [0.2, 0.25) is 0 Å². The second-order valence-electron chi connectivity index (χ2n) is 5.17. The van der Waals surface area contributed by atoms with Crippen LogP contribution in [0.25, 0.3) is 0 Å². The van der Waals surface area contributed by atoms with Gasteiger partial charge >= 0.3 is 0 Å².